The molecule has 5 rings (SSSR count). The van der Waals surface area contributed by atoms with Crippen molar-refractivity contribution in [1.29, 1.82) is 0 Å². The molecule has 2 aliphatic rings. The van der Waals surface area contributed by atoms with Crippen LogP contribution >= 0.6 is 27.3 Å². The first kappa shape index (κ1) is 26.2. The molecule has 0 fully saturated rings. The molecular formula is C26H25BrFN5O4S. The van der Waals surface area contributed by atoms with E-state index >= 15 is 0 Å². The molecule has 0 bridgehead atoms. The number of methoxy groups -OCH3 is 2. The Kier molecular flexibility index (Phi) is 7.70. The molecule has 1 aliphatic carbocycles. The van der Waals surface area contributed by atoms with Gasteiger partial charge in [-0.3, -0.25) is 14.5 Å². The maximum atomic E-state index is 14.6. The average molecular weight is 602 g/mol. The second-order valence-corrected chi connectivity index (χ2v) is 10.6. The molecule has 12 heteroatoms. The number of benzene rings is 1. The lowest BCUT2D eigenvalue weighted by Crippen LogP contribution is -2.38. The zero-order valence-electron chi connectivity index (χ0n) is 20.7. The maximum Gasteiger partial charge on any atom is 0.338 e. The Morgan fingerprint density at radius 2 is 2.13 bits per heavy atom. The van der Waals surface area contributed by atoms with Gasteiger partial charge >= 0.3 is 11.9 Å². The van der Waals surface area contributed by atoms with Crippen LogP contribution in [0, 0.1) is 11.7 Å². The first-order valence-electron chi connectivity index (χ1n) is 12.0. The molecule has 2 aromatic heterocycles. The smallest absolute Gasteiger partial charge is 0.338 e. The molecule has 38 heavy (non-hydrogen) atoms. The Morgan fingerprint density at radius 3 is 2.87 bits per heavy atom. The van der Waals surface area contributed by atoms with Gasteiger partial charge in [-0.2, -0.15) is 5.10 Å². The number of esters is 2. The number of rotatable bonds is 7. The molecule has 0 saturated carbocycles. The van der Waals surface area contributed by atoms with Crippen LogP contribution in [0.25, 0.3) is 0 Å². The van der Waals surface area contributed by atoms with Gasteiger partial charge in [0.2, 0.25) is 0 Å². The summed E-state index contributed by atoms with van der Waals surface area (Å²) in [7, 11) is 2.69. The molecule has 1 N–H and O–H groups in total. The molecule has 9 nitrogen and oxygen atoms in total. The minimum atomic E-state index is -0.799. The minimum absolute atomic E-state index is 0.0739. The van der Waals surface area contributed by atoms with Crippen molar-refractivity contribution >= 4 is 45.0 Å². The van der Waals surface area contributed by atoms with Crippen LogP contribution in [0.3, 0.4) is 0 Å². The molecule has 198 valence electrons. The lowest BCUT2D eigenvalue weighted by Gasteiger charge is -2.33. The number of aryl methyl sites for hydroxylation is 2. The van der Waals surface area contributed by atoms with E-state index in [4.69, 9.17) is 14.5 Å². The third kappa shape index (κ3) is 5.14. The van der Waals surface area contributed by atoms with Crippen molar-refractivity contribution in [3.05, 3.63) is 79.4 Å². The molecule has 1 aromatic carbocycles. The van der Waals surface area contributed by atoms with Gasteiger partial charge in [0.25, 0.3) is 0 Å². The van der Waals surface area contributed by atoms with Gasteiger partial charge in [-0.15, -0.1) is 11.3 Å². The molecule has 1 aliphatic heterocycles. The highest BCUT2D eigenvalue weighted by molar-refractivity contribution is 9.10. The molecule has 3 aromatic rings. The summed E-state index contributed by atoms with van der Waals surface area (Å²) < 4.78 is 26.5. The first-order chi connectivity index (χ1) is 18.4. The highest BCUT2D eigenvalue weighted by Crippen LogP contribution is 2.41. The number of hydrogen-bond acceptors (Lipinski definition) is 9. The number of nitrogens with one attached hydrogen (secondary N) is 1. The number of carbonyl (C=O) groups excluding carboxylic acids is 2. The molecule has 0 spiro atoms. The highest BCUT2D eigenvalue weighted by atomic mass is 79.9. The Bertz CT molecular complexity index is 1440. The first-order valence-corrected chi connectivity index (χ1v) is 13.7. The number of aromatic nitrogens is 3. The zero-order valence-corrected chi connectivity index (χ0v) is 23.1. The van der Waals surface area contributed by atoms with Gasteiger partial charge in [-0.1, -0.05) is 12.1 Å². The van der Waals surface area contributed by atoms with Crippen LogP contribution in [0.5, 0.6) is 0 Å². The maximum absolute atomic E-state index is 14.6. The number of carbonyl (C=O) groups is 2. The van der Waals surface area contributed by atoms with Crippen LogP contribution in [0.1, 0.15) is 40.7 Å². The van der Waals surface area contributed by atoms with Crippen LogP contribution < -0.4 is 5.32 Å². The molecule has 2 unspecified atom stereocenters. The van der Waals surface area contributed by atoms with Crippen LogP contribution in [-0.4, -0.2) is 46.8 Å². The summed E-state index contributed by atoms with van der Waals surface area (Å²) in [5, 5.41) is 10.5. The van der Waals surface area contributed by atoms with Crippen molar-refractivity contribution in [2.75, 3.05) is 14.2 Å². The van der Waals surface area contributed by atoms with E-state index in [9.17, 15) is 14.0 Å². The third-order valence-electron chi connectivity index (χ3n) is 6.69. The standard InChI is InChI=1S/C26H25BrFN5O4S/c1-36-19(34)8-10-33-13-15-12-14(6-7-18(15)32-33)22-20(26(35)37-2)23(16-4-3-5-17(28)21(16)27)31-24(30-22)25-29-9-11-38-25/h3-5,9,11,13-14,23H,6-8,10,12H2,1-2H3,(H,30,31). The fourth-order valence-corrected chi connectivity index (χ4v) is 5.93. The van der Waals surface area contributed by atoms with E-state index in [-0.39, 0.29) is 22.8 Å². The number of thiazole rings is 1. The predicted molar refractivity (Wildman–Crippen MR) is 142 cm³/mol. The van der Waals surface area contributed by atoms with Gasteiger partial charge in [-0.05, 0) is 52.4 Å². The van der Waals surface area contributed by atoms with Crippen LogP contribution in [0.4, 0.5) is 4.39 Å². The Balaban J connectivity index is 1.55. The lowest BCUT2D eigenvalue weighted by atomic mass is 9.81. The predicted octanol–water partition coefficient (Wildman–Crippen LogP) is 4.13. The van der Waals surface area contributed by atoms with E-state index in [1.54, 1.807) is 23.0 Å². The number of aliphatic imine (C=N–C) groups is 1. The van der Waals surface area contributed by atoms with E-state index in [0.717, 1.165) is 17.7 Å². The van der Waals surface area contributed by atoms with E-state index in [1.165, 1.54) is 31.6 Å². The number of fused-ring (bicyclic) bond motifs is 1. The monoisotopic (exact) mass is 601 g/mol. The number of hydrogen-bond donors (Lipinski definition) is 1. The highest BCUT2D eigenvalue weighted by Gasteiger charge is 2.38. The van der Waals surface area contributed by atoms with E-state index in [2.05, 4.69) is 31.3 Å². The van der Waals surface area contributed by atoms with E-state index in [0.29, 0.717) is 47.1 Å². The Morgan fingerprint density at radius 1 is 1.29 bits per heavy atom. The van der Waals surface area contributed by atoms with Crippen molar-refractivity contribution in [2.45, 2.75) is 38.3 Å². The van der Waals surface area contributed by atoms with Crippen molar-refractivity contribution < 1.29 is 23.5 Å². The summed E-state index contributed by atoms with van der Waals surface area (Å²) in [5.41, 5.74) is 3.56. The van der Waals surface area contributed by atoms with Gasteiger partial charge in [0.15, 0.2) is 10.8 Å². The van der Waals surface area contributed by atoms with Gasteiger partial charge in [-0.25, -0.2) is 14.2 Å². The van der Waals surface area contributed by atoms with Crippen LogP contribution in [0.15, 0.2) is 56.7 Å². The van der Waals surface area contributed by atoms with Crippen molar-refractivity contribution in [1.82, 2.24) is 20.1 Å². The lowest BCUT2D eigenvalue weighted by molar-refractivity contribution is -0.141. The average Bonchev–Trinajstić information content (AvgIpc) is 3.62. The summed E-state index contributed by atoms with van der Waals surface area (Å²) in [6.45, 7) is 0.426. The molecule has 3 heterocycles. The summed E-state index contributed by atoms with van der Waals surface area (Å²) in [6, 6.07) is 3.90. The second-order valence-electron chi connectivity index (χ2n) is 8.93. The topological polar surface area (TPSA) is 108 Å². The van der Waals surface area contributed by atoms with Crippen molar-refractivity contribution in [2.24, 2.45) is 10.9 Å². The van der Waals surface area contributed by atoms with Crippen LogP contribution in [-0.2, 0) is 38.4 Å². The van der Waals surface area contributed by atoms with Crippen molar-refractivity contribution in [3.63, 3.8) is 0 Å². The Labute approximate surface area is 230 Å². The number of allylic oxidation sites excluding steroid dienone is 1. The largest absolute Gasteiger partial charge is 0.469 e. The number of halogens is 2. The Hall–Kier alpha value is -3.38. The minimum Gasteiger partial charge on any atom is -0.469 e. The number of nitrogens with zero attached hydrogens (tertiary/aromatic N) is 4. The summed E-state index contributed by atoms with van der Waals surface area (Å²) >= 11 is 4.78. The number of ether oxygens (including phenoxy) is 2. The molecule has 0 saturated heterocycles. The fraction of sp³-hybridized carbons (Fsp3) is 0.346. The van der Waals surface area contributed by atoms with Crippen molar-refractivity contribution in [3.8, 4) is 0 Å². The molecule has 0 amide bonds. The SMILES string of the molecule is COC(=O)CCn1cc2c(n1)CCC(C1=C(C(=O)OC)C(c3cccc(F)c3Br)N=C(c3nccs3)N1)C2. The van der Waals surface area contributed by atoms with Crippen LogP contribution in [0.2, 0.25) is 0 Å². The summed E-state index contributed by atoms with van der Waals surface area (Å²) in [6.07, 6.45) is 5.92. The quantitative estimate of drug-likeness (QED) is 0.406. The van der Waals surface area contributed by atoms with Gasteiger partial charge in [0.1, 0.15) is 11.9 Å². The summed E-state index contributed by atoms with van der Waals surface area (Å²) in [4.78, 5) is 34.1. The van der Waals surface area contributed by atoms with Gasteiger partial charge in [0, 0.05) is 29.4 Å². The molecule has 2 atom stereocenters. The summed E-state index contributed by atoms with van der Waals surface area (Å²) in [5.74, 6) is -0.827. The zero-order chi connectivity index (χ0) is 26.8. The van der Waals surface area contributed by atoms with Gasteiger partial charge in [0.05, 0.1) is 42.9 Å². The third-order valence-corrected chi connectivity index (χ3v) is 8.31. The molecular weight excluding hydrogens is 577 g/mol. The molecule has 0 radical (unpaired) electrons. The fourth-order valence-electron chi connectivity index (χ4n) is 4.86. The van der Waals surface area contributed by atoms with Gasteiger partial charge < -0.3 is 14.8 Å². The second kappa shape index (κ2) is 11.2. The van der Waals surface area contributed by atoms with E-state index < -0.39 is 17.8 Å². The number of amidine groups is 1. The normalized spacial score (nSPS) is 18.9. The van der Waals surface area contributed by atoms with E-state index in [1.807, 2.05) is 11.6 Å².